The van der Waals surface area contributed by atoms with E-state index in [1.165, 1.54) is 6.42 Å². The number of nitrogens with one attached hydrogen (secondary N) is 1. The topological polar surface area (TPSA) is 66.4 Å². The lowest BCUT2D eigenvalue weighted by Gasteiger charge is -2.20. The van der Waals surface area contributed by atoms with Gasteiger partial charge in [-0.2, -0.15) is 13.1 Å². The van der Waals surface area contributed by atoms with Gasteiger partial charge in [-0.1, -0.05) is 48.5 Å². The summed E-state index contributed by atoms with van der Waals surface area (Å²) < 4.78 is 31.3. The number of hydrogen-bond acceptors (Lipinski definition) is 2. The predicted molar refractivity (Wildman–Crippen MR) is 78.0 cm³/mol. The lowest BCUT2D eigenvalue weighted by molar-refractivity contribution is 0.389. The van der Waals surface area contributed by atoms with Gasteiger partial charge in [0.1, 0.15) is 0 Å². The fourth-order valence-electron chi connectivity index (χ4n) is 1.89. The molecule has 2 N–H and O–H groups in total. The molecule has 108 valence electrons. The smallest absolute Gasteiger partial charge is 0.273 e. The molecule has 1 aromatic rings. The molecule has 0 unspecified atom stereocenters. The second kappa shape index (κ2) is 8.07. The highest BCUT2D eigenvalue weighted by atomic mass is 35.5. The summed E-state index contributed by atoms with van der Waals surface area (Å²) in [5.41, 5.74) is 0. The minimum Gasteiger partial charge on any atom is -0.273 e. The number of halogens is 2. The average Bonchev–Trinajstić information content (AvgIpc) is 2.28. The van der Waals surface area contributed by atoms with Gasteiger partial charge in [0, 0.05) is 16.1 Å². The van der Waals surface area contributed by atoms with Crippen LogP contribution in [0.25, 0.3) is 0 Å². The molecule has 1 fully saturated rings. The van der Waals surface area contributed by atoms with Crippen molar-refractivity contribution in [2.45, 2.75) is 38.1 Å². The van der Waals surface area contributed by atoms with Crippen molar-refractivity contribution in [1.29, 1.82) is 0 Å². The molecule has 1 aromatic carbocycles. The molecule has 0 aromatic heterocycles. The Morgan fingerprint density at radius 3 is 2.00 bits per heavy atom. The van der Waals surface area contributed by atoms with Gasteiger partial charge in [0.2, 0.25) is 0 Å². The average molecular weight is 326 g/mol. The molecule has 0 bridgehead atoms. The van der Waals surface area contributed by atoms with Crippen molar-refractivity contribution in [3.63, 3.8) is 0 Å². The van der Waals surface area contributed by atoms with Crippen LogP contribution in [-0.2, 0) is 10.3 Å². The van der Waals surface area contributed by atoms with E-state index in [1.54, 1.807) is 18.2 Å². The van der Waals surface area contributed by atoms with Crippen LogP contribution in [0.4, 0.5) is 0 Å². The van der Waals surface area contributed by atoms with Crippen molar-refractivity contribution in [3.8, 4) is 0 Å². The minimum absolute atomic E-state index is 0.0428. The first-order valence-electron chi connectivity index (χ1n) is 6.02. The van der Waals surface area contributed by atoms with Gasteiger partial charge >= 0.3 is 10.3 Å². The molecule has 0 amide bonds. The van der Waals surface area contributed by atoms with Crippen molar-refractivity contribution in [2.24, 2.45) is 0 Å². The monoisotopic (exact) mass is 325 g/mol. The summed E-state index contributed by atoms with van der Waals surface area (Å²) in [5.74, 6) is 0. The fourth-order valence-corrected chi connectivity index (χ4v) is 2.98. The molecule has 1 aliphatic rings. The molecule has 7 heteroatoms. The van der Waals surface area contributed by atoms with Gasteiger partial charge in [-0.25, -0.2) is 0 Å². The fraction of sp³-hybridized carbons (Fsp3) is 0.500. The maximum Gasteiger partial charge on any atom is 0.333 e. The normalized spacial score (nSPS) is 16.6. The largest absolute Gasteiger partial charge is 0.333 e. The van der Waals surface area contributed by atoms with Crippen LogP contribution in [0.15, 0.2) is 24.3 Å². The second-order valence-electron chi connectivity index (χ2n) is 4.37. The summed E-state index contributed by atoms with van der Waals surface area (Å²) >= 11 is 11.1. The van der Waals surface area contributed by atoms with E-state index in [4.69, 9.17) is 27.8 Å². The van der Waals surface area contributed by atoms with Gasteiger partial charge < -0.3 is 0 Å². The number of rotatable bonds is 2. The van der Waals surface area contributed by atoms with Gasteiger partial charge in [-0.3, -0.25) is 4.55 Å². The lowest BCUT2D eigenvalue weighted by atomic mass is 9.96. The van der Waals surface area contributed by atoms with Crippen molar-refractivity contribution in [3.05, 3.63) is 34.3 Å². The molecule has 19 heavy (non-hydrogen) atoms. The Balaban J connectivity index is 0.000000200. The van der Waals surface area contributed by atoms with E-state index in [0.717, 1.165) is 25.7 Å². The first-order valence-corrected chi connectivity index (χ1v) is 8.22. The van der Waals surface area contributed by atoms with Crippen molar-refractivity contribution in [1.82, 2.24) is 4.72 Å². The Morgan fingerprint density at radius 2 is 1.63 bits per heavy atom. The summed E-state index contributed by atoms with van der Waals surface area (Å²) in [4.78, 5) is 0. The molecule has 4 nitrogen and oxygen atoms in total. The highest BCUT2D eigenvalue weighted by Gasteiger charge is 2.17. The van der Waals surface area contributed by atoms with E-state index in [9.17, 15) is 8.42 Å². The van der Waals surface area contributed by atoms with Crippen LogP contribution >= 0.6 is 23.2 Å². The van der Waals surface area contributed by atoms with Gasteiger partial charge in [-0.15, -0.1) is 0 Å². The van der Waals surface area contributed by atoms with E-state index in [-0.39, 0.29) is 6.04 Å². The van der Waals surface area contributed by atoms with E-state index in [2.05, 4.69) is 4.72 Å². The third-order valence-electron chi connectivity index (χ3n) is 2.71. The summed E-state index contributed by atoms with van der Waals surface area (Å²) in [7, 11) is -3.97. The van der Waals surface area contributed by atoms with Crippen molar-refractivity contribution in [2.75, 3.05) is 0 Å². The van der Waals surface area contributed by atoms with Gasteiger partial charge in [0.05, 0.1) is 0 Å². The van der Waals surface area contributed by atoms with Gasteiger partial charge in [0.15, 0.2) is 0 Å². The maximum atomic E-state index is 10.3. The highest BCUT2D eigenvalue weighted by molar-refractivity contribution is 7.83. The van der Waals surface area contributed by atoms with E-state index >= 15 is 0 Å². The molecule has 0 aliphatic heterocycles. The molecule has 0 spiro atoms. The van der Waals surface area contributed by atoms with E-state index in [1.807, 2.05) is 6.07 Å². The summed E-state index contributed by atoms with van der Waals surface area (Å²) in [6.45, 7) is 0. The van der Waals surface area contributed by atoms with Gasteiger partial charge in [0.25, 0.3) is 0 Å². The van der Waals surface area contributed by atoms with Crippen LogP contribution in [0, 0.1) is 0 Å². The molecular weight excluding hydrogens is 309 g/mol. The second-order valence-corrected chi connectivity index (χ2v) is 6.43. The van der Waals surface area contributed by atoms with Gasteiger partial charge in [-0.05, 0) is 31.0 Å². The molecule has 0 saturated heterocycles. The quantitative estimate of drug-likeness (QED) is 0.814. The van der Waals surface area contributed by atoms with E-state index < -0.39 is 10.3 Å². The summed E-state index contributed by atoms with van der Waals surface area (Å²) in [5, 5.41) is 1.36. The van der Waals surface area contributed by atoms with Crippen molar-refractivity contribution >= 4 is 33.5 Å². The Hall–Kier alpha value is -0.330. The molecular formula is C12H17Cl2NO3S. The first-order chi connectivity index (χ1) is 8.87. The number of hydrogen-bond donors (Lipinski definition) is 2. The van der Waals surface area contributed by atoms with Crippen LogP contribution in [0.1, 0.15) is 32.1 Å². The zero-order chi connectivity index (χ0) is 14.3. The first kappa shape index (κ1) is 16.7. The van der Waals surface area contributed by atoms with E-state index in [0.29, 0.717) is 10.0 Å². The summed E-state index contributed by atoms with van der Waals surface area (Å²) in [6, 6.07) is 7.04. The Morgan fingerprint density at radius 1 is 1.11 bits per heavy atom. The maximum absolute atomic E-state index is 10.3. The van der Waals surface area contributed by atoms with Crippen LogP contribution < -0.4 is 4.72 Å². The third-order valence-corrected chi connectivity index (χ3v) is 3.81. The Labute approximate surface area is 124 Å². The molecule has 1 aliphatic carbocycles. The van der Waals surface area contributed by atoms with Crippen LogP contribution in [0.3, 0.4) is 0 Å². The standard InChI is InChI=1S/C6H4Cl2.C6H13NO3S/c7-5-2-1-3-6(8)4-5;8-11(9,10)7-6-4-2-1-3-5-6/h1-4H;6-7H,1-5H2,(H,8,9,10). The number of benzene rings is 1. The minimum atomic E-state index is -3.97. The highest BCUT2D eigenvalue weighted by Crippen LogP contribution is 2.17. The van der Waals surface area contributed by atoms with Crippen LogP contribution in [-0.4, -0.2) is 19.0 Å². The SMILES string of the molecule is Clc1cccc(Cl)c1.O=S(=O)(O)NC1CCCCC1. The zero-order valence-electron chi connectivity index (χ0n) is 10.4. The Kier molecular flexibility index (Phi) is 7.10. The lowest BCUT2D eigenvalue weighted by Crippen LogP contribution is -2.35. The third kappa shape index (κ3) is 8.44. The zero-order valence-corrected chi connectivity index (χ0v) is 12.7. The summed E-state index contributed by atoms with van der Waals surface area (Å²) in [6.07, 6.45) is 4.96. The molecule has 0 radical (unpaired) electrons. The van der Waals surface area contributed by atoms with Crippen LogP contribution in [0.2, 0.25) is 10.0 Å². The predicted octanol–water partition coefficient (Wildman–Crippen LogP) is 3.70. The molecule has 0 atom stereocenters. The molecule has 0 heterocycles. The molecule has 2 rings (SSSR count). The van der Waals surface area contributed by atoms with Crippen LogP contribution in [0.5, 0.6) is 0 Å². The Bertz CT molecular complexity index is 470. The molecule has 1 saturated carbocycles. The van der Waals surface area contributed by atoms with Crippen molar-refractivity contribution < 1.29 is 13.0 Å².